The Labute approximate surface area is 55.5 Å². The summed E-state index contributed by atoms with van der Waals surface area (Å²) in [6.07, 6.45) is 1.94. The lowest BCUT2D eigenvalue weighted by Crippen LogP contribution is -2.35. The Morgan fingerprint density at radius 2 is 1.89 bits per heavy atom. The van der Waals surface area contributed by atoms with Crippen LogP contribution in [-0.2, 0) is 0 Å². The van der Waals surface area contributed by atoms with Gasteiger partial charge in [-0.25, -0.2) is 0 Å². The first-order valence-corrected chi connectivity index (χ1v) is 3.58. The van der Waals surface area contributed by atoms with Crippen LogP contribution in [0, 0.1) is 5.92 Å². The lowest BCUT2D eigenvalue weighted by Gasteiger charge is -2.28. The molecule has 1 fully saturated rings. The second kappa shape index (κ2) is 2.67. The van der Waals surface area contributed by atoms with Crippen molar-refractivity contribution < 1.29 is 10.2 Å². The number of rotatable bonds is 0. The molecule has 0 radical (unpaired) electrons. The molecule has 54 valence electrons. The van der Waals surface area contributed by atoms with Crippen molar-refractivity contribution in [2.45, 2.75) is 38.4 Å². The molecule has 0 aromatic rings. The van der Waals surface area contributed by atoms with Gasteiger partial charge in [0.2, 0.25) is 0 Å². The second-order valence-corrected chi connectivity index (χ2v) is 2.97. The van der Waals surface area contributed by atoms with E-state index in [1.807, 2.05) is 6.92 Å². The van der Waals surface area contributed by atoms with Crippen LogP contribution in [0.25, 0.3) is 0 Å². The van der Waals surface area contributed by atoms with E-state index < -0.39 is 12.2 Å². The zero-order chi connectivity index (χ0) is 6.85. The van der Waals surface area contributed by atoms with E-state index in [2.05, 4.69) is 0 Å². The summed E-state index contributed by atoms with van der Waals surface area (Å²) in [5.41, 5.74) is 0. The van der Waals surface area contributed by atoms with Crippen molar-refractivity contribution in [3.63, 3.8) is 0 Å². The average Bonchev–Trinajstić information content (AvgIpc) is 1.83. The molecule has 0 spiro atoms. The molecule has 0 aliphatic heterocycles. The molecular weight excluding hydrogens is 116 g/mol. The topological polar surface area (TPSA) is 40.5 Å². The molecule has 2 nitrogen and oxygen atoms in total. The van der Waals surface area contributed by atoms with Crippen LogP contribution in [0.1, 0.15) is 26.2 Å². The quantitative estimate of drug-likeness (QED) is 0.502. The highest BCUT2D eigenvalue weighted by Gasteiger charge is 2.26. The second-order valence-electron chi connectivity index (χ2n) is 2.97. The first-order valence-electron chi connectivity index (χ1n) is 3.58. The van der Waals surface area contributed by atoms with Gasteiger partial charge in [0.25, 0.3) is 0 Å². The van der Waals surface area contributed by atoms with Gasteiger partial charge in [-0.15, -0.1) is 0 Å². The van der Waals surface area contributed by atoms with Crippen molar-refractivity contribution in [3.05, 3.63) is 0 Å². The molecule has 0 aromatic carbocycles. The minimum Gasteiger partial charge on any atom is -0.390 e. The molecular formula is C7H14O2. The minimum atomic E-state index is -0.473. The molecule has 9 heavy (non-hydrogen) atoms. The molecule has 0 saturated heterocycles. The summed E-state index contributed by atoms with van der Waals surface area (Å²) < 4.78 is 0. The van der Waals surface area contributed by atoms with E-state index >= 15 is 0 Å². The van der Waals surface area contributed by atoms with Gasteiger partial charge in [0.05, 0.1) is 12.2 Å². The average molecular weight is 130 g/mol. The first-order chi connectivity index (χ1) is 4.22. The molecule has 3 atom stereocenters. The Morgan fingerprint density at radius 3 is 2.33 bits per heavy atom. The summed E-state index contributed by atoms with van der Waals surface area (Å²) >= 11 is 0. The fourth-order valence-corrected chi connectivity index (χ4v) is 1.37. The lowest BCUT2D eigenvalue weighted by molar-refractivity contribution is -0.0391. The van der Waals surface area contributed by atoms with Crippen LogP contribution in [0.5, 0.6) is 0 Å². The first kappa shape index (κ1) is 7.03. The van der Waals surface area contributed by atoms with Crippen molar-refractivity contribution in [2.75, 3.05) is 0 Å². The molecule has 1 aliphatic carbocycles. The van der Waals surface area contributed by atoms with E-state index in [1.165, 1.54) is 0 Å². The van der Waals surface area contributed by atoms with Crippen LogP contribution in [0.15, 0.2) is 0 Å². The minimum absolute atomic E-state index is 0.286. The highest BCUT2D eigenvalue weighted by atomic mass is 16.3. The normalized spacial score (nSPS) is 45.0. The van der Waals surface area contributed by atoms with Crippen molar-refractivity contribution in [1.82, 2.24) is 0 Å². The summed E-state index contributed by atoms with van der Waals surface area (Å²) in [7, 11) is 0. The highest BCUT2D eigenvalue weighted by molar-refractivity contribution is 4.78. The SMILES string of the molecule is C[C@H]1CCC[C@@H](O)[C@H]1O. The van der Waals surface area contributed by atoms with Gasteiger partial charge in [-0.3, -0.25) is 0 Å². The zero-order valence-corrected chi connectivity index (χ0v) is 5.75. The molecule has 0 amide bonds. The molecule has 2 N–H and O–H groups in total. The Balaban J connectivity index is 2.41. The summed E-state index contributed by atoms with van der Waals surface area (Å²) in [4.78, 5) is 0. The summed E-state index contributed by atoms with van der Waals surface area (Å²) in [6.45, 7) is 1.98. The summed E-state index contributed by atoms with van der Waals surface area (Å²) in [5, 5.41) is 18.3. The molecule has 1 aliphatic rings. The predicted octanol–water partition coefficient (Wildman–Crippen LogP) is 0.528. The maximum absolute atomic E-state index is 9.20. The van der Waals surface area contributed by atoms with E-state index in [1.54, 1.807) is 0 Å². The third-order valence-electron chi connectivity index (χ3n) is 2.14. The summed E-state index contributed by atoms with van der Waals surface area (Å²) in [5.74, 6) is 0.286. The van der Waals surface area contributed by atoms with Gasteiger partial charge in [-0.2, -0.15) is 0 Å². The van der Waals surface area contributed by atoms with E-state index in [-0.39, 0.29) is 5.92 Å². The Kier molecular flexibility index (Phi) is 2.09. The largest absolute Gasteiger partial charge is 0.390 e. The maximum atomic E-state index is 9.20. The number of aliphatic hydroxyl groups is 2. The van der Waals surface area contributed by atoms with Crippen LogP contribution in [0.2, 0.25) is 0 Å². The maximum Gasteiger partial charge on any atom is 0.0824 e. The molecule has 1 saturated carbocycles. The van der Waals surface area contributed by atoms with Crippen LogP contribution < -0.4 is 0 Å². The number of aliphatic hydroxyl groups excluding tert-OH is 2. The van der Waals surface area contributed by atoms with Crippen molar-refractivity contribution >= 4 is 0 Å². The molecule has 0 unspecified atom stereocenters. The van der Waals surface area contributed by atoms with Gasteiger partial charge in [0.1, 0.15) is 0 Å². The van der Waals surface area contributed by atoms with Crippen LogP contribution in [0.3, 0.4) is 0 Å². The highest BCUT2D eigenvalue weighted by Crippen LogP contribution is 2.23. The van der Waals surface area contributed by atoms with Gasteiger partial charge in [-0.1, -0.05) is 13.3 Å². The molecule has 0 bridgehead atoms. The van der Waals surface area contributed by atoms with Crippen molar-refractivity contribution in [3.8, 4) is 0 Å². The predicted molar refractivity (Wildman–Crippen MR) is 35.0 cm³/mol. The van der Waals surface area contributed by atoms with E-state index in [4.69, 9.17) is 5.11 Å². The third kappa shape index (κ3) is 1.43. The van der Waals surface area contributed by atoms with E-state index in [0.717, 1.165) is 19.3 Å². The van der Waals surface area contributed by atoms with Crippen molar-refractivity contribution in [1.29, 1.82) is 0 Å². The Hall–Kier alpha value is -0.0800. The zero-order valence-electron chi connectivity index (χ0n) is 5.75. The van der Waals surface area contributed by atoms with E-state index in [9.17, 15) is 5.11 Å². The Morgan fingerprint density at radius 1 is 1.22 bits per heavy atom. The van der Waals surface area contributed by atoms with Gasteiger partial charge in [-0.05, 0) is 18.8 Å². The lowest BCUT2D eigenvalue weighted by atomic mass is 9.86. The van der Waals surface area contributed by atoms with Gasteiger partial charge in [0.15, 0.2) is 0 Å². The van der Waals surface area contributed by atoms with Crippen LogP contribution >= 0.6 is 0 Å². The summed E-state index contributed by atoms with van der Waals surface area (Å²) in [6, 6.07) is 0. The monoisotopic (exact) mass is 130 g/mol. The molecule has 1 rings (SSSR count). The van der Waals surface area contributed by atoms with E-state index in [0.29, 0.717) is 0 Å². The molecule has 2 heteroatoms. The van der Waals surface area contributed by atoms with Gasteiger partial charge < -0.3 is 10.2 Å². The molecule has 0 aromatic heterocycles. The fraction of sp³-hybridized carbons (Fsp3) is 1.00. The smallest absolute Gasteiger partial charge is 0.0824 e. The third-order valence-corrected chi connectivity index (χ3v) is 2.14. The number of hydrogen-bond acceptors (Lipinski definition) is 2. The van der Waals surface area contributed by atoms with Gasteiger partial charge >= 0.3 is 0 Å². The fourth-order valence-electron chi connectivity index (χ4n) is 1.37. The standard InChI is InChI=1S/C7H14O2/c1-5-3-2-4-6(8)7(5)9/h5-9H,2-4H2,1H3/t5-,6+,7-/m0/s1. The van der Waals surface area contributed by atoms with Crippen molar-refractivity contribution in [2.24, 2.45) is 5.92 Å². The molecule has 0 heterocycles. The van der Waals surface area contributed by atoms with Gasteiger partial charge in [0, 0.05) is 0 Å². The number of hydrogen-bond donors (Lipinski definition) is 2. The van der Waals surface area contributed by atoms with Crippen LogP contribution in [-0.4, -0.2) is 22.4 Å². The van der Waals surface area contributed by atoms with Crippen LogP contribution in [0.4, 0.5) is 0 Å². The Bertz CT molecular complexity index is 82.9.